The largest absolute Gasteiger partial charge is 0.412 e. The van der Waals surface area contributed by atoms with Crippen molar-refractivity contribution in [2.24, 2.45) is 5.92 Å². The monoisotopic (exact) mass is 312 g/mol. The smallest absolute Gasteiger partial charge is 0.206 e. The Kier molecular flexibility index (Phi) is 5.43. The minimum absolute atomic E-state index is 0.0244. The first-order chi connectivity index (χ1) is 10.4. The van der Waals surface area contributed by atoms with E-state index < -0.39 is 12.0 Å². The van der Waals surface area contributed by atoms with Gasteiger partial charge in [0.25, 0.3) is 0 Å². The van der Waals surface area contributed by atoms with Gasteiger partial charge in [0.15, 0.2) is 0 Å². The van der Waals surface area contributed by atoms with E-state index in [1.807, 2.05) is 6.92 Å². The summed E-state index contributed by atoms with van der Waals surface area (Å²) in [6.07, 6.45) is 3.76. The van der Waals surface area contributed by atoms with Crippen LogP contribution in [0.3, 0.4) is 0 Å². The van der Waals surface area contributed by atoms with Crippen LogP contribution < -0.4 is 0 Å². The van der Waals surface area contributed by atoms with E-state index in [0.717, 1.165) is 31.2 Å². The molecule has 0 atom stereocenters. The van der Waals surface area contributed by atoms with Crippen LogP contribution in [0.2, 0.25) is 0 Å². The van der Waals surface area contributed by atoms with Crippen LogP contribution in [0.15, 0.2) is 42.5 Å². The predicted octanol–water partition coefficient (Wildman–Crippen LogP) is 6.41. The van der Waals surface area contributed by atoms with Gasteiger partial charge in [-0.2, -0.15) is 13.2 Å². The summed E-state index contributed by atoms with van der Waals surface area (Å²) < 4.78 is 49.9. The van der Waals surface area contributed by atoms with E-state index in [1.165, 1.54) is 12.1 Å². The van der Waals surface area contributed by atoms with Gasteiger partial charge in [-0.05, 0) is 50.0 Å². The molecule has 0 saturated heterocycles. The van der Waals surface area contributed by atoms with Crippen LogP contribution in [-0.2, 0) is 0 Å². The second-order valence-electron chi connectivity index (χ2n) is 5.79. The predicted molar refractivity (Wildman–Crippen MR) is 81.1 cm³/mol. The summed E-state index contributed by atoms with van der Waals surface area (Å²) in [6, 6.07) is 6.37. The van der Waals surface area contributed by atoms with Gasteiger partial charge < -0.3 is 0 Å². The van der Waals surface area contributed by atoms with Crippen LogP contribution in [0, 0.1) is 5.92 Å². The molecule has 1 fully saturated rings. The maximum absolute atomic E-state index is 13.5. The van der Waals surface area contributed by atoms with Gasteiger partial charge in [0.1, 0.15) is 5.83 Å². The molecule has 0 radical (unpaired) electrons. The molecule has 4 heteroatoms. The highest BCUT2D eigenvalue weighted by atomic mass is 19.4. The van der Waals surface area contributed by atoms with Crippen molar-refractivity contribution < 1.29 is 17.6 Å². The maximum Gasteiger partial charge on any atom is 0.412 e. The average molecular weight is 312 g/mol. The molecule has 0 bridgehead atoms. The molecule has 1 aliphatic carbocycles. The third-order valence-corrected chi connectivity index (χ3v) is 4.18. The first-order valence-corrected chi connectivity index (χ1v) is 7.57. The van der Waals surface area contributed by atoms with Crippen LogP contribution in [0.1, 0.15) is 49.7 Å². The van der Waals surface area contributed by atoms with Gasteiger partial charge in [0.2, 0.25) is 0 Å². The lowest BCUT2D eigenvalue weighted by molar-refractivity contribution is -0.0798. The molecule has 1 aromatic rings. The highest BCUT2D eigenvalue weighted by Gasteiger charge is 2.25. The number of halogens is 4. The van der Waals surface area contributed by atoms with Gasteiger partial charge >= 0.3 is 6.18 Å². The number of benzene rings is 1. The Bertz CT molecular complexity index is 529. The molecule has 2 rings (SSSR count). The Balaban J connectivity index is 2.02. The SMILES string of the molecule is C/C=C/C1CCC(c2ccc(/C(F)=C/C(F)(F)F)cc2)CC1. The van der Waals surface area contributed by atoms with Crippen LogP contribution in [-0.4, -0.2) is 6.18 Å². The van der Waals surface area contributed by atoms with Gasteiger partial charge in [-0.3, -0.25) is 0 Å². The van der Waals surface area contributed by atoms with E-state index in [1.54, 1.807) is 12.1 Å². The van der Waals surface area contributed by atoms with Crippen molar-refractivity contribution in [1.29, 1.82) is 0 Å². The van der Waals surface area contributed by atoms with Gasteiger partial charge in [0.05, 0.1) is 6.08 Å². The summed E-state index contributed by atoms with van der Waals surface area (Å²) in [5.41, 5.74) is 1.06. The van der Waals surface area contributed by atoms with Crippen molar-refractivity contribution in [3.8, 4) is 0 Å². The van der Waals surface area contributed by atoms with Gasteiger partial charge in [-0.15, -0.1) is 0 Å². The second-order valence-corrected chi connectivity index (χ2v) is 5.79. The summed E-state index contributed by atoms with van der Waals surface area (Å²) >= 11 is 0. The van der Waals surface area contributed by atoms with Crippen molar-refractivity contribution in [1.82, 2.24) is 0 Å². The fraction of sp³-hybridized carbons (Fsp3) is 0.444. The standard InChI is InChI=1S/C18H20F4/c1-2-3-13-4-6-14(7-5-13)15-8-10-16(11-9-15)17(19)12-18(20,21)22/h2-3,8-14H,4-7H2,1H3/b3-2+,17-12-. The first-order valence-electron chi connectivity index (χ1n) is 7.57. The van der Waals surface area contributed by atoms with Gasteiger partial charge in [-0.25, -0.2) is 4.39 Å². The lowest BCUT2D eigenvalue weighted by Gasteiger charge is -2.27. The van der Waals surface area contributed by atoms with E-state index in [-0.39, 0.29) is 11.6 Å². The summed E-state index contributed by atoms with van der Waals surface area (Å²) in [4.78, 5) is 0. The molecule has 0 heterocycles. The Labute approximate surface area is 128 Å². The average Bonchev–Trinajstić information content (AvgIpc) is 2.47. The van der Waals surface area contributed by atoms with E-state index >= 15 is 0 Å². The third-order valence-electron chi connectivity index (χ3n) is 4.18. The molecule has 1 saturated carbocycles. The molecule has 1 aliphatic rings. The van der Waals surface area contributed by atoms with Crippen molar-refractivity contribution >= 4 is 5.83 Å². The van der Waals surface area contributed by atoms with Gasteiger partial charge in [0, 0.05) is 5.56 Å². The topological polar surface area (TPSA) is 0 Å². The summed E-state index contributed by atoms with van der Waals surface area (Å²) in [5.74, 6) is -0.186. The molecule has 22 heavy (non-hydrogen) atoms. The summed E-state index contributed by atoms with van der Waals surface area (Å²) in [5, 5.41) is 0. The number of hydrogen-bond donors (Lipinski definition) is 0. The zero-order chi connectivity index (χ0) is 16.2. The first kappa shape index (κ1) is 16.8. The lowest BCUT2D eigenvalue weighted by atomic mass is 9.78. The second kappa shape index (κ2) is 7.12. The van der Waals surface area contributed by atoms with E-state index in [4.69, 9.17) is 0 Å². The summed E-state index contributed by atoms with van der Waals surface area (Å²) in [6.45, 7) is 2.02. The van der Waals surface area contributed by atoms with Gasteiger partial charge in [-0.1, -0.05) is 36.4 Å². The zero-order valence-electron chi connectivity index (χ0n) is 12.5. The highest BCUT2D eigenvalue weighted by Crippen LogP contribution is 2.36. The minimum Gasteiger partial charge on any atom is -0.206 e. The van der Waals surface area contributed by atoms with Crippen molar-refractivity contribution in [3.63, 3.8) is 0 Å². The number of rotatable bonds is 3. The number of hydrogen-bond acceptors (Lipinski definition) is 0. The highest BCUT2D eigenvalue weighted by molar-refractivity contribution is 5.59. The molecule has 120 valence electrons. The molecule has 0 amide bonds. The van der Waals surface area contributed by atoms with Crippen LogP contribution in [0.5, 0.6) is 0 Å². The van der Waals surface area contributed by atoms with E-state index in [9.17, 15) is 17.6 Å². The Morgan fingerprint density at radius 1 is 1.05 bits per heavy atom. The van der Waals surface area contributed by atoms with Crippen LogP contribution >= 0.6 is 0 Å². The molecule has 0 nitrogen and oxygen atoms in total. The van der Waals surface area contributed by atoms with Crippen molar-refractivity contribution in [3.05, 3.63) is 53.6 Å². The van der Waals surface area contributed by atoms with Crippen molar-refractivity contribution in [2.45, 2.75) is 44.7 Å². The lowest BCUT2D eigenvalue weighted by Crippen LogP contribution is -2.11. The maximum atomic E-state index is 13.5. The fourth-order valence-corrected chi connectivity index (χ4v) is 3.06. The normalized spacial score (nSPS) is 24.0. The molecule has 0 aromatic heterocycles. The molecular weight excluding hydrogens is 292 g/mol. The third kappa shape index (κ3) is 4.72. The van der Waals surface area contributed by atoms with E-state index in [0.29, 0.717) is 11.8 Å². The quantitative estimate of drug-likeness (QED) is 0.447. The molecule has 0 spiro atoms. The molecule has 0 N–H and O–H groups in total. The van der Waals surface area contributed by atoms with Crippen LogP contribution in [0.4, 0.5) is 17.6 Å². The molecule has 1 aromatic carbocycles. The number of allylic oxidation sites excluding steroid dienone is 3. The van der Waals surface area contributed by atoms with Crippen molar-refractivity contribution in [2.75, 3.05) is 0 Å². The van der Waals surface area contributed by atoms with E-state index in [2.05, 4.69) is 12.2 Å². The van der Waals surface area contributed by atoms with Crippen LogP contribution in [0.25, 0.3) is 5.83 Å². The Hall–Kier alpha value is -1.58. The molecular formula is C18H20F4. The number of alkyl halides is 3. The minimum atomic E-state index is -4.63. The zero-order valence-corrected chi connectivity index (χ0v) is 12.5. The Morgan fingerprint density at radius 2 is 1.64 bits per heavy atom. The molecule has 0 unspecified atom stereocenters. The fourth-order valence-electron chi connectivity index (χ4n) is 3.06. The Morgan fingerprint density at radius 3 is 2.14 bits per heavy atom. The molecule has 0 aliphatic heterocycles. The summed E-state index contributed by atoms with van der Waals surface area (Å²) in [7, 11) is 0.